The van der Waals surface area contributed by atoms with Gasteiger partial charge in [-0.25, -0.2) is 9.13 Å². The number of rotatable bonds is 76. The van der Waals surface area contributed by atoms with Crippen LogP contribution in [0.2, 0.25) is 0 Å². The van der Waals surface area contributed by atoms with E-state index in [4.69, 9.17) is 37.0 Å². The molecule has 0 aromatic rings. The maximum atomic E-state index is 13.1. The van der Waals surface area contributed by atoms with Crippen molar-refractivity contribution in [1.82, 2.24) is 0 Å². The number of allylic oxidation sites excluding steroid dienone is 16. The fourth-order valence-corrected chi connectivity index (χ4v) is 12.4. The summed E-state index contributed by atoms with van der Waals surface area (Å²) in [5.41, 5.74) is 0. The molecule has 0 bridgehead atoms. The third kappa shape index (κ3) is 74.3. The highest BCUT2D eigenvalue weighted by Gasteiger charge is 2.30. The molecule has 3 N–H and O–H groups in total. The Morgan fingerprint density at radius 1 is 0.284 bits per heavy atom. The fraction of sp³-hybridized carbons (Fsp3) is 0.759. The van der Waals surface area contributed by atoms with Gasteiger partial charge in [0, 0.05) is 25.7 Å². The zero-order valence-corrected chi connectivity index (χ0v) is 66.3. The van der Waals surface area contributed by atoms with Crippen molar-refractivity contribution in [2.45, 2.75) is 367 Å². The number of aliphatic hydroxyl groups excluding tert-OH is 1. The molecule has 17 nitrogen and oxygen atoms in total. The van der Waals surface area contributed by atoms with E-state index < -0.39 is 97.5 Å². The van der Waals surface area contributed by atoms with Crippen LogP contribution >= 0.6 is 15.6 Å². The number of aliphatic hydroxyl groups is 1. The number of ether oxygens (including phenoxy) is 4. The Labute approximate surface area is 620 Å². The van der Waals surface area contributed by atoms with Crippen LogP contribution in [0.4, 0.5) is 0 Å². The normalized spacial score (nSPS) is 14.4. The number of phosphoric ester groups is 2. The number of carbonyl (C=O) groups is 4. The Hall–Kier alpha value is -4.02. The third-order valence-corrected chi connectivity index (χ3v) is 18.9. The molecule has 0 radical (unpaired) electrons. The van der Waals surface area contributed by atoms with Gasteiger partial charge in [0.1, 0.15) is 19.3 Å². The predicted octanol–water partition coefficient (Wildman–Crippen LogP) is 23.6. The molecule has 0 rings (SSSR count). The van der Waals surface area contributed by atoms with Crippen molar-refractivity contribution in [1.29, 1.82) is 0 Å². The van der Waals surface area contributed by atoms with Crippen LogP contribution in [0.5, 0.6) is 0 Å². The highest BCUT2D eigenvalue weighted by atomic mass is 31.2. The molecule has 0 aliphatic carbocycles. The average Bonchev–Trinajstić information content (AvgIpc) is 0.908. The molecule has 0 aromatic heterocycles. The molecule has 102 heavy (non-hydrogen) atoms. The standard InChI is InChI=1S/C83H146O17P2/c1-5-9-13-17-21-25-29-33-36-37-38-39-42-46-50-54-58-62-66-70-83(88)100-79(74-94-81(86)68-64-60-56-52-48-45-41-35-31-27-23-19-15-11-7-3)76-98-102(91,92)96-72-77(84)71-95-101(89,90)97-75-78(99-82(87)69-65-61-57-53-49-43-32-28-24-20-16-12-8-4)73-93-80(85)67-63-59-55-51-47-44-40-34-30-26-22-18-14-10-6-2/h9,13,21,25-26,28,30,32-33,35-36,38-39,41,46,50,77-79,84H,5-8,10-12,14-20,22-24,27,29,31,34,37,40,42-45,47-49,51-76H2,1-4H3,(H,89,90)(H,91,92)/b13-9-,25-21-,30-26-,32-28-,36-33-,39-38-,41-35-,50-46-/t77-,78+,79+/m0/s1. The molecule has 0 fully saturated rings. The Kier molecular flexibility index (Phi) is 72.3. The zero-order valence-electron chi connectivity index (χ0n) is 64.5. The van der Waals surface area contributed by atoms with Crippen molar-refractivity contribution < 1.29 is 80.2 Å². The average molecular weight is 1480 g/mol. The number of hydrogen-bond acceptors (Lipinski definition) is 15. The lowest BCUT2D eigenvalue weighted by atomic mass is 10.1. The van der Waals surface area contributed by atoms with E-state index in [1.807, 2.05) is 0 Å². The van der Waals surface area contributed by atoms with Crippen LogP contribution in [0.3, 0.4) is 0 Å². The van der Waals surface area contributed by atoms with Crippen LogP contribution in [0.25, 0.3) is 0 Å². The number of esters is 4. The molecule has 2 unspecified atom stereocenters. The summed E-state index contributed by atoms with van der Waals surface area (Å²) in [4.78, 5) is 73.0. The molecule has 0 saturated carbocycles. The van der Waals surface area contributed by atoms with Gasteiger partial charge in [0.2, 0.25) is 0 Å². The van der Waals surface area contributed by atoms with E-state index in [0.717, 1.165) is 167 Å². The lowest BCUT2D eigenvalue weighted by molar-refractivity contribution is -0.161. The molecule has 0 heterocycles. The fourth-order valence-electron chi connectivity index (χ4n) is 10.8. The second-order valence-corrected chi connectivity index (χ2v) is 29.9. The van der Waals surface area contributed by atoms with E-state index in [1.54, 1.807) is 0 Å². The maximum Gasteiger partial charge on any atom is 0.472 e. The predicted molar refractivity (Wildman–Crippen MR) is 418 cm³/mol. The monoisotopic (exact) mass is 1480 g/mol. The second kappa shape index (κ2) is 75.2. The first kappa shape index (κ1) is 98.0. The van der Waals surface area contributed by atoms with Gasteiger partial charge in [0.25, 0.3) is 0 Å². The first-order chi connectivity index (χ1) is 49.7. The van der Waals surface area contributed by atoms with E-state index in [9.17, 15) is 43.2 Å². The van der Waals surface area contributed by atoms with Gasteiger partial charge in [0.05, 0.1) is 26.4 Å². The van der Waals surface area contributed by atoms with Gasteiger partial charge >= 0.3 is 39.5 Å². The summed E-state index contributed by atoms with van der Waals surface area (Å²) in [6.45, 7) is 4.71. The molecular weight excluding hydrogens is 1330 g/mol. The lowest BCUT2D eigenvalue weighted by Gasteiger charge is -2.21. The van der Waals surface area contributed by atoms with Gasteiger partial charge in [-0.2, -0.15) is 0 Å². The quantitative estimate of drug-likeness (QED) is 0.0169. The van der Waals surface area contributed by atoms with E-state index in [-0.39, 0.29) is 25.7 Å². The van der Waals surface area contributed by atoms with E-state index >= 15 is 0 Å². The summed E-state index contributed by atoms with van der Waals surface area (Å²) in [6, 6.07) is 0. The number of hydrogen-bond donors (Lipinski definition) is 3. The summed E-state index contributed by atoms with van der Waals surface area (Å²) >= 11 is 0. The van der Waals surface area contributed by atoms with Crippen molar-refractivity contribution in [3.05, 3.63) is 97.2 Å². The Bertz CT molecular complexity index is 2310. The number of unbranched alkanes of at least 4 members (excludes halogenated alkanes) is 34. The molecule has 19 heteroatoms. The zero-order chi connectivity index (χ0) is 74.6. The second-order valence-electron chi connectivity index (χ2n) is 27.0. The topological polar surface area (TPSA) is 237 Å². The van der Waals surface area contributed by atoms with Gasteiger partial charge < -0.3 is 33.8 Å². The van der Waals surface area contributed by atoms with Crippen LogP contribution in [-0.4, -0.2) is 96.7 Å². The van der Waals surface area contributed by atoms with Crippen molar-refractivity contribution >= 4 is 39.5 Å². The van der Waals surface area contributed by atoms with Crippen LogP contribution in [-0.2, 0) is 65.4 Å². The van der Waals surface area contributed by atoms with Crippen molar-refractivity contribution in [3.8, 4) is 0 Å². The van der Waals surface area contributed by atoms with Gasteiger partial charge in [-0.1, -0.05) is 273 Å². The molecule has 0 saturated heterocycles. The number of phosphoric acid groups is 2. The molecule has 590 valence electrons. The molecule has 0 spiro atoms. The summed E-state index contributed by atoms with van der Waals surface area (Å²) in [5, 5.41) is 10.6. The largest absolute Gasteiger partial charge is 0.472 e. The Balaban J connectivity index is 5.39. The molecule has 0 aliphatic rings. The molecule has 5 atom stereocenters. The van der Waals surface area contributed by atoms with Crippen molar-refractivity contribution in [3.63, 3.8) is 0 Å². The lowest BCUT2D eigenvalue weighted by Crippen LogP contribution is -2.30. The van der Waals surface area contributed by atoms with Crippen molar-refractivity contribution in [2.24, 2.45) is 0 Å². The van der Waals surface area contributed by atoms with Gasteiger partial charge in [0.15, 0.2) is 12.2 Å². The third-order valence-electron chi connectivity index (χ3n) is 17.0. The highest BCUT2D eigenvalue weighted by molar-refractivity contribution is 7.47. The van der Waals surface area contributed by atoms with Crippen LogP contribution in [0.1, 0.15) is 349 Å². The smallest absolute Gasteiger partial charge is 0.462 e. The minimum absolute atomic E-state index is 0.0543. The SMILES string of the molecule is CC/C=C\C/C=C\C/C=C\C/C=C\C/C=C\CCCCCC(=O)O[C@H](COC(=O)CCCCCCC/C=C\CCCCCCCC)COP(=O)(O)OC[C@@H](O)COP(=O)(O)OC[C@@H](COC(=O)CCCCCCCCC/C=C\CCCCCC)OC(=O)CCCCCCC/C=C\CCCCCC. The molecule has 0 aliphatic heterocycles. The van der Waals surface area contributed by atoms with E-state index in [1.165, 1.54) is 103 Å². The first-order valence-electron chi connectivity index (χ1n) is 40.5. The van der Waals surface area contributed by atoms with Crippen molar-refractivity contribution in [2.75, 3.05) is 39.6 Å². The Morgan fingerprint density at radius 2 is 0.510 bits per heavy atom. The maximum absolute atomic E-state index is 13.1. The summed E-state index contributed by atoms with van der Waals surface area (Å²) in [6.07, 6.45) is 79.5. The molecule has 0 amide bonds. The van der Waals surface area contributed by atoms with Gasteiger partial charge in [-0.15, -0.1) is 0 Å². The van der Waals surface area contributed by atoms with Crippen LogP contribution in [0.15, 0.2) is 97.2 Å². The van der Waals surface area contributed by atoms with Crippen LogP contribution < -0.4 is 0 Å². The Morgan fingerprint density at radius 3 is 0.814 bits per heavy atom. The van der Waals surface area contributed by atoms with Crippen LogP contribution in [0, 0.1) is 0 Å². The number of carbonyl (C=O) groups excluding carboxylic acids is 4. The minimum atomic E-state index is -4.99. The highest BCUT2D eigenvalue weighted by Crippen LogP contribution is 2.45. The first-order valence-corrected chi connectivity index (χ1v) is 43.5. The van der Waals surface area contributed by atoms with E-state index in [2.05, 4.69) is 125 Å². The summed E-state index contributed by atoms with van der Waals surface area (Å²) < 4.78 is 68.6. The summed E-state index contributed by atoms with van der Waals surface area (Å²) in [7, 11) is -9.97. The molecular formula is C83H146O17P2. The molecule has 0 aromatic carbocycles. The van der Waals surface area contributed by atoms with E-state index in [0.29, 0.717) is 25.7 Å². The minimum Gasteiger partial charge on any atom is -0.462 e. The summed E-state index contributed by atoms with van der Waals surface area (Å²) in [5.74, 6) is -2.22. The van der Waals surface area contributed by atoms with Gasteiger partial charge in [-0.05, 0) is 148 Å². The van der Waals surface area contributed by atoms with Gasteiger partial charge in [-0.3, -0.25) is 37.3 Å².